The molecule has 0 bridgehead atoms. The van der Waals surface area contributed by atoms with Crippen molar-refractivity contribution in [2.24, 2.45) is 0 Å². The fourth-order valence-electron chi connectivity index (χ4n) is 6.56. The summed E-state index contributed by atoms with van der Waals surface area (Å²) in [5.74, 6) is 0. The fraction of sp³-hybridized carbons (Fsp3) is 1.00. The van der Waals surface area contributed by atoms with Crippen molar-refractivity contribution in [2.75, 3.05) is 0 Å². The van der Waals surface area contributed by atoms with E-state index in [2.05, 4.69) is 6.92 Å². The smallest absolute Gasteiger partial charge is 0.264 e. The van der Waals surface area contributed by atoms with Crippen LogP contribution in [0.2, 0.25) is 0 Å². The maximum Gasteiger partial charge on any atom is 0.264 e. The fourth-order valence-corrected chi connectivity index (χ4v) is 7.81. The van der Waals surface area contributed by atoms with Crippen molar-refractivity contribution in [2.45, 2.75) is 250 Å². The SMILES string of the molecule is CCCCCCCCCCCCCCCCCCCCCCCCCCCCCCCCCCCCCC[C@@H](O)[SiH](Cl)Cl. The molecule has 0 rings (SSSR count). The van der Waals surface area contributed by atoms with E-state index < -0.39 is 13.1 Å². The van der Waals surface area contributed by atoms with Gasteiger partial charge in [-0.25, -0.2) is 0 Å². The Labute approximate surface area is 283 Å². The largest absolute Gasteiger partial charge is 0.394 e. The predicted molar refractivity (Wildman–Crippen MR) is 201 cm³/mol. The number of halogens is 2. The second kappa shape index (κ2) is 38.9. The van der Waals surface area contributed by atoms with E-state index in [-0.39, 0.29) is 0 Å². The molecule has 0 saturated carbocycles. The summed E-state index contributed by atoms with van der Waals surface area (Å²) in [6, 6.07) is 0. The van der Waals surface area contributed by atoms with Gasteiger partial charge in [0.1, 0.15) is 0 Å². The average Bonchev–Trinajstić information content (AvgIpc) is 3.00. The summed E-state index contributed by atoms with van der Waals surface area (Å²) in [4.78, 5) is 0. The molecule has 0 aliphatic carbocycles. The van der Waals surface area contributed by atoms with Crippen LogP contribution in [0.5, 0.6) is 0 Å². The number of aliphatic hydroxyl groups is 1. The minimum absolute atomic E-state index is 0.415. The third-order valence-electron chi connectivity index (χ3n) is 9.64. The zero-order valence-electron chi connectivity index (χ0n) is 29.5. The molecule has 0 aromatic heterocycles. The van der Waals surface area contributed by atoms with Gasteiger partial charge >= 0.3 is 0 Å². The lowest BCUT2D eigenvalue weighted by Crippen LogP contribution is -2.19. The average molecular weight is 664 g/mol. The van der Waals surface area contributed by atoms with Gasteiger partial charge in [0.25, 0.3) is 7.42 Å². The molecule has 1 N–H and O–H groups in total. The van der Waals surface area contributed by atoms with Crippen LogP contribution >= 0.6 is 22.2 Å². The van der Waals surface area contributed by atoms with Gasteiger partial charge in [-0.1, -0.05) is 238 Å². The van der Waals surface area contributed by atoms with Crippen molar-refractivity contribution in [1.82, 2.24) is 0 Å². The van der Waals surface area contributed by atoms with Gasteiger partial charge in [-0.3, -0.25) is 0 Å². The van der Waals surface area contributed by atoms with Crippen molar-refractivity contribution in [1.29, 1.82) is 0 Å². The van der Waals surface area contributed by atoms with E-state index in [0.29, 0.717) is 0 Å². The van der Waals surface area contributed by atoms with Crippen molar-refractivity contribution >= 4 is 29.6 Å². The molecule has 43 heavy (non-hydrogen) atoms. The van der Waals surface area contributed by atoms with E-state index in [1.807, 2.05) is 0 Å². The van der Waals surface area contributed by atoms with Crippen molar-refractivity contribution in [3.8, 4) is 0 Å². The van der Waals surface area contributed by atoms with Crippen LogP contribution in [0.25, 0.3) is 0 Å². The topological polar surface area (TPSA) is 20.2 Å². The van der Waals surface area contributed by atoms with E-state index in [4.69, 9.17) is 22.2 Å². The van der Waals surface area contributed by atoms with Crippen LogP contribution < -0.4 is 0 Å². The summed E-state index contributed by atoms with van der Waals surface area (Å²) in [5, 5.41) is 9.65. The van der Waals surface area contributed by atoms with Crippen molar-refractivity contribution in [3.05, 3.63) is 0 Å². The second-order valence-corrected chi connectivity index (χ2v) is 19.0. The highest BCUT2D eigenvalue weighted by Gasteiger charge is 2.14. The lowest BCUT2D eigenvalue weighted by molar-refractivity contribution is 0.237. The molecule has 0 aliphatic rings. The van der Waals surface area contributed by atoms with Crippen LogP contribution in [-0.4, -0.2) is 18.3 Å². The minimum Gasteiger partial charge on any atom is -0.394 e. The zero-order valence-corrected chi connectivity index (χ0v) is 32.2. The number of hydrogen-bond donors (Lipinski definition) is 1. The highest BCUT2D eigenvalue weighted by molar-refractivity contribution is 7.34. The maximum atomic E-state index is 9.65. The molecule has 0 aromatic rings. The Kier molecular flexibility index (Phi) is 39.6. The van der Waals surface area contributed by atoms with Crippen molar-refractivity contribution < 1.29 is 5.11 Å². The molecule has 0 unspecified atom stereocenters. The molecule has 0 spiro atoms. The monoisotopic (exact) mass is 663 g/mol. The van der Waals surface area contributed by atoms with Gasteiger partial charge in [-0.2, -0.15) is 0 Å². The van der Waals surface area contributed by atoms with Gasteiger partial charge in [-0.15, -0.1) is 22.2 Å². The number of hydrogen-bond acceptors (Lipinski definition) is 1. The van der Waals surface area contributed by atoms with Crippen LogP contribution in [0.3, 0.4) is 0 Å². The zero-order chi connectivity index (χ0) is 31.3. The molecule has 4 heteroatoms. The standard InChI is InChI=1S/C39H80Cl2OSi/c1-2-3-4-5-6-7-8-9-10-11-12-13-14-15-16-17-18-19-20-21-22-23-24-25-26-27-28-29-30-31-32-33-34-35-36-37-38-39(42)43(40)41/h39,42-43H,2-38H2,1H3/t39-/m0/s1. The lowest BCUT2D eigenvalue weighted by atomic mass is 10.0. The Morgan fingerprint density at radius 2 is 0.488 bits per heavy atom. The van der Waals surface area contributed by atoms with Crippen molar-refractivity contribution in [3.63, 3.8) is 0 Å². The predicted octanol–water partition coefficient (Wildman–Crippen LogP) is 15.0. The molecular formula is C39H80Cl2OSi. The second-order valence-electron chi connectivity index (χ2n) is 14.1. The Bertz CT molecular complexity index is 490. The van der Waals surface area contributed by atoms with Gasteiger partial charge in [0.2, 0.25) is 0 Å². The summed E-state index contributed by atoms with van der Waals surface area (Å²) < 4.78 is 0. The lowest BCUT2D eigenvalue weighted by Gasteiger charge is -2.09. The van der Waals surface area contributed by atoms with Gasteiger partial charge in [0, 0.05) is 0 Å². The van der Waals surface area contributed by atoms with E-state index in [9.17, 15) is 5.11 Å². The van der Waals surface area contributed by atoms with Crippen LogP contribution in [-0.2, 0) is 0 Å². The molecule has 0 radical (unpaired) electrons. The summed E-state index contributed by atoms with van der Waals surface area (Å²) >= 11 is 11.6. The van der Waals surface area contributed by atoms with Crippen LogP contribution in [0.15, 0.2) is 0 Å². The van der Waals surface area contributed by atoms with Crippen LogP contribution in [0.1, 0.15) is 244 Å². The van der Waals surface area contributed by atoms with E-state index >= 15 is 0 Å². The number of unbranched alkanes of at least 4 members (excludes halogenated alkanes) is 35. The first-order valence-corrected chi connectivity index (χ1v) is 24.3. The Balaban J connectivity index is 3.05. The highest BCUT2D eigenvalue weighted by Crippen LogP contribution is 2.18. The summed E-state index contributed by atoms with van der Waals surface area (Å²) in [6.45, 7) is 2.31. The first kappa shape index (κ1) is 43.8. The van der Waals surface area contributed by atoms with E-state index in [0.717, 1.165) is 12.8 Å². The number of rotatable bonds is 38. The van der Waals surface area contributed by atoms with Gasteiger partial charge < -0.3 is 5.11 Å². The first-order chi connectivity index (χ1) is 21.2. The molecule has 260 valence electrons. The Morgan fingerprint density at radius 3 is 0.651 bits per heavy atom. The molecule has 0 amide bonds. The van der Waals surface area contributed by atoms with E-state index in [1.54, 1.807) is 0 Å². The Hall–Kier alpha value is 0.757. The summed E-state index contributed by atoms with van der Waals surface area (Å²) in [5.41, 5.74) is -0.415. The summed E-state index contributed by atoms with van der Waals surface area (Å²) in [7, 11) is -1.88. The third kappa shape index (κ3) is 38.9. The maximum absolute atomic E-state index is 9.65. The minimum atomic E-state index is -1.88. The molecular weight excluding hydrogens is 583 g/mol. The molecule has 1 nitrogen and oxygen atoms in total. The van der Waals surface area contributed by atoms with Crippen LogP contribution in [0.4, 0.5) is 0 Å². The summed E-state index contributed by atoms with van der Waals surface area (Å²) in [6.07, 6.45) is 52.5. The molecule has 1 atom stereocenters. The Morgan fingerprint density at radius 1 is 0.326 bits per heavy atom. The highest BCUT2D eigenvalue weighted by atomic mass is 35.7. The quantitative estimate of drug-likeness (QED) is 0.0396. The molecule has 0 saturated heterocycles. The van der Waals surface area contributed by atoms with Gasteiger partial charge in [0.15, 0.2) is 0 Å². The first-order valence-electron chi connectivity index (χ1n) is 20.1. The molecule has 0 fully saturated rings. The number of aliphatic hydroxyl groups excluding tert-OH is 1. The van der Waals surface area contributed by atoms with Gasteiger partial charge in [-0.05, 0) is 6.42 Å². The normalized spacial score (nSPS) is 12.5. The molecule has 0 aromatic carbocycles. The molecule has 0 heterocycles. The van der Waals surface area contributed by atoms with Crippen LogP contribution in [0, 0.1) is 0 Å². The van der Waals surface area contributed by atoms with E-state index in [1.165, 1.54) is 225 Å². The molecule has 0 aliphatic heterocycles. The van der Waals surface area contributed by atoms with Gasteiger partial charge in [0.05, 0.1) is 5.73 Å². The third-order valence-corrected chi connectivity index (χ3v) is 12.3.